The third kappa shape index (κ3) is 3.06. The molecular formula is C9H15N3OS. The zero-order chi connectivity index (χ0) is 10.6. The molecule has 0 aliphatic carbocycles. The number of carbonyl (C=O) groups is 1. The number of rotatable bonds is 4. The summed E-state index contributed by atoms with van der Waals surface area (Å²) in [4.78, 5) is 11.2. The van der Waals surface area contributed by atoms with Crippen molar-refractivity contribution in [3.05, 3.63) is 11.8 Å². The topological polar surface area (TPSA) is 57.8 Å². The van der Waals surface area contributed by atoms with Gasteiger partial charge in [-0.3, -0.25) is 9.89 Å². The Balaban J connectivity index is 2.55. The number of carbonyl (C=O) groups excluding carboxylic acids is 1. The standard InChI is InChI=1S/C9H15N3OS/c1-6(2)7-4-8(12-11-7)10-9(13)5-14-3/h4,6H,5H2,1-3H3,(H2,10,11,12,13). The Morgan fingerprint density at radius 2 is 2.43 bits per heavy atom. The Labute approximate surface area is 87.9 Å². The molecule has 1 heterocycles. The van der Waals surface area contributed by atoms with Crippen molar-refractivity contribution in [2.24, 2.45) is 0 Å². The molecule has 0 radical (unpaired) electrons. The van der Waals surface area contributed by atoms with Crippen LogP contribution in [0.4, 0.5) is 5.82 Å². The molecule has 0 aliphatic rings. The summed E-state index contributed by atoms with van der Waals surface area (Å²) in [5.74, 6) is 1.45. The first-order valence-corrected chi connectivity index (χ1v) is 5.87. The van der Waals surface area contributed by atoms with E-state index in [4.69, 9.17) is 0 Å². The van der Waals surface area contributed by atoms with Gasteiger partial charge in [0.1, 0.15) is 0 Å². The SMILES string of the molecule is CSCC(=O)Nc1cc(C(C)C)[nH]n1. The number of thioether (sulfide) groups is 1. The highest BCUT2D eigenvalue weighted by atomic mass is 32.2. The molecule has 0 atom stereocenters. The molecule has 4 nitrogen and oxygen atoms in total. The molecule has 0 saturated heterocycles. The van der Waals surface area contributed by atoms with Crippen LogP contribution in [-0.2, 0) is 4.79 Å². The van der Waals surface area contributed by atoms with Crippen LogP contribution in [0.2, 0.25) is 0 Å². The van der Waals surface area contributed by atoms with Crippen LogP contribution >= 0.6 is 11.8 Å². The van der Waals surface area contributed by atoms with Crippen molar-refractivity contribution in [3.8, 4) is 0 Å². The average molecular weight is 213 g/mol. The van der Waals surface area contributed by atoms with E-state index in [9.17, 15) is 4.79 Å². The molecule has 2 N–H and O–H groups in total. The first kappa shape index (κ1) is 11.1. The minimum Gasteiger partial charge on any atom is -0.308 e. The summed E-state index contributed by atoms with van der Waals surface area (Å²) < 4.78 is 0. The first-order chi connectivity index (χ1) is 6.63. The molecule has 0 saturated carbocycles. The van der Waals surface area contributed by atoms with Crippen molar-refractivity contribution in [3.63, 3.8) is 0 Å². The maximum atomic E-state index is 11.2. The van der Waals surface area contributed by atoms with E-state index in [-0.39, 0.29) is 5.91 Å². The van der Waals surface area contributed by atoms with Crippen LogP contribution in [0.25, 0.3) is 0 Å². The predicted molar refractivity (Wildman–Crippen MR) is 59.7 cm³/mol. The Hall–Kier alpha value is -0.970. The Morgan fingerprint density at radius 3 is 2.93 bits per heavy atom. The number of nitrogens with zero attached hydrogens (tertiary/aromatic N) is 1. The number of hydrogen-bond donors (Lipinski definition) is 2. The molecule has 0 aliphatic heterocycles. The third-order valence-corrected chi connectivity index (χ3v) is 2.31. The molecule has 0 fully saturated rings. The van der Waals surface area contributed by atoms with Gasteiger partial charge in [0.2, 0.25) is 5.91 Å². The lowest BCUT2D eigenvalue weighted by Gasteiger charge is -1.98. The molecule has 0 bridgehead atoms. The minimum absolute atomic E-state index is 0.0145. The second kappa shape index (κ2) is 5.05. The summed E-state index contributed by atoms with van der Waals surface area (Å²) in [6.45, 7) is 4.14. The fourth-order valence-electron chi connectivity index (χ4n) is 1.01. The molecule has 78 valence electrons. The maximum absolute atomic E-state index is 11.2. The van der Waals surface area contributed by atoms with Crippen molar-refractivity contribution in [2.75, 3.05) is 17.3 Å². The smallest absolute Gasteiger partial charge is 0.235 e. The normalized spacial score (nSPS) is 10.6. The van der Waals surface area contributed by atoms with E-state index in [1.54, 1.807) is 0 Å². The lowest BCUT2D eigenvalue weighted by Crippen LogP contribution is -2.13. The fraction of sp³-hybridized carbons (Fsp3) is 0.556. The lowest BCUT2D eigenvalue weighted by molar-refractivity contribution is -0.113. The highest BCUT2D eigenvalue weighted by Crippen LogP contribution is 2.14. The van der Waals surface area contributed by atoms with E-state index >= 15 is 0 Å². The van der Waals surface area contributed by atoms with Crippen molar-refractivity contribution < 1.29 is 4.79 Å². The van der Waals surface area contributed by atoms with E-state index in [1.807, 2.05) is 12.3 Å². The zero-order valence-electron chi connectivity index (χ0n) is 8.63. The number of nitrogens with one attached hydrogen (secondary N) is 2. The average Bonchev–Trinajstić information content (AvgIpc) is 2.53. The van der Waals surface area contributed by atoms with Gasteiger partial charge >= 0.3 is 0 Å². The predicted octanol–water partition coefficient (Wildman–Crippen LogP) is 1.83. The Morgan fingerprint density at radius 1 is 1.71 bits per heavy atom. The number of aromatic nitrogens is 2. The van der Waals surface area contributed by atoms with Crippen LogP contribution in [-0.4, -0.2) is 28.1 Å². The number of aromatic amines is 1. The summed E-state index contributed by atoms with van der Waals surface area (Å²) in [6, 6.07) is 1.86. The van der Waals surface area contributed by atoms with Crippen molar-refractivity contribution in [2.45, 2.75) is 19.8 Å². The second-order valence-corrected chi connectivity index (χ2v) is 4.21. The molecule has 0 spiro atoms. The molecule has 1 aromatic rings. The quantitative estimate of drug-likeness (QED) is 0.802. The van der Waals surface area contributed by atoms with Crippen LogP contribution in [0.5, 0.6) is 0 Å². The molecule has 0 aromatic carbocycles. The fourth-order valence-corrected chi connectivity index (χ4v) is 1.34. The molecule has 14 heavy (non-hydrogen) atoms. The number of hydrogen-bond acceptors (Lipinski definition) is 3. The van der Waals surface area contributed by atoms with E-state index in [0.717, 1.165) is 5.69 Å². The lowest BCUT2D eigenvalue weighted by atomic mass is 10.1. The van der Waals surface area contributed by atoms with Crippen LogP contribution in [0, 0.1) is 0 Å². The van der Waals surface area contributed by atoms with Crippen LogP contribution in [0.15, 0.2) is 6.07 Å². The van der Waals surface area contributed by atoms with Gasteiger partial charge in [-0.15, -0.1) is 0 Å². The maximum Gasteiger partial charge on any atom is 0.235 e. The number of anilines is 1. The van der Waals surface area contributed by atoms with Gasteiger partial charge in [-0.25, -0.2) is 0 Å². The van der Waals surface area contributed by atoms with Crippen LogP contribution in [0.1, 0.15) is 25.5 Å². The highest BCUT2D eigenvalue weighted by molar-refractivity contribution is 7.99. The van der Waals surface area contributed by atoms with E-state index in [0.29, 0.717) is 17.5 Å². The van der Waals surface area contributed by atoms with Gasteiger partial charge in [0.25, 0.3) is 0 Å². The largest absolute Gasteiger partial charge is 0.308 e. The van der Waals surface area contributed by atoms with Crippen LogP contribution in [0.3, 0.4) is 0 Å². The summed E-state index contributed by atoms with van der Waals surface area (Å²) in [7, 11) is 0. The van der Waals surface area contributed by atoms with Gasteiger partial charge in [0, 0.05) is 11.8 Å². The van der Waals surface area contributed by atoms with Gasteiger partial charge in [0.15, 0.2) is 5.82 Å². The van der Waals surface area contributed by atoms with Crippen LogP contribution < -0.4 is 5.32 Å². The highest BCUT2D eigenvalue weighted by Gasteiger charge is 2.06. The summed E-state index contributed by atoms with van der Waals surface area (Å²) >= 11 is 1.49. The summed E-state index contributed by atoms with van der Waals surface area (Å²) in [5.41, 5.74) is 1.03. The van der Waals surface area contributed by atoms with Gasteiger partial charge in [-0.2, -0.15) is 16.9 Å². The van der Waals surface area contributed by atoms with Gasteiger partial charge in [-0.05, 0) is 12.2 Å². The van der Waals surface area contributed by atoms with E-state index in [1.165, 1.54) is 11.8 Å². The second-order valence-electron chi connectivity index (χ2n) is 3.34. The Bertz CT molecular complexity index is 309. The third-order valence-electron chi connectivity index (χ3n) is 1.76. The zero-order valence-corrected chi connectivity index (χ0v) is 9.44. The van der Waals surface area contributed by atoms with Crippen molar-refractivity contribution >= 4 is 23.5 Å². The van der Waals surface area contributed by atoms with Gasteiger partial charge in [0.05, 0.1) is 5.75 Å². The minimum atomic E-state index is -0.0145. The van der Waals surface area contributed by atoms with Crippen molar-refractivity contribution in [1.82, 2.24) is 10.2 Å². The molecule has 1 amide bonds. The first-order valence-electron chi connectivity index (χ1n) is 4.47. The monoisotopic (exact) mass is 213 g/mol. The Kier molecular flexibility index (Phi) is 4.00. The van der Waals surface area contributed by atoms with E-state index in [2.05, 4.69) is 29.4 Å². The molecular weight excluding hydrogens is 198 g/mol. The van der Waals surface area contributed by atoms with E-state index < -0.39 is 0 Å². The summed E-state index contributed by atoms with van der Waals surface area (Å²) in [5, 5.41) is 9.59. The number of amides is 1. The van der Waals surface area contributed by atoms with Gasteiger partial charge < -0.3 is 5.32 Å². The molecule has 1 aromatic heterocycles. The molecule has 1 rings (SSSR count). The molecule has 5 heteroatoms. The molecule has 0 unspecified atom stereocenters. The van der Waals surface area contributed by atoms with Crippen molar-refractivity contribution in [1.29, 1.82) is 0 Å². The number of H-pyrrole nitrogens is 1. The van der Waals surface area contributed by atoms with Gasteiger partial charge in [-0.1, -0.05) is 13.8 Å². The summed E-state index contributed by atoms with van der Waals surface area (Å²) in [6.07, 6.45) is 1.89.